The normalized spacial score (nSPS) is 13.1. The third-order valence-electron chi connectivity index (χ3n) is 2.53. The van der Waals surface area contributed by atoms with Gasteiger partial charge in [-0.3, -0.25) is 0 Å². The molecule has 0 aliphatic heterocycles. The lowest BCUT2D eigenvalue weighted by Crippen LogP contribution is -2.32. The molecular weight excluding hydrogens is 222 g/mol. The molecule has 17 heavy (non-hydrogen) atoms. The molecule has 1 aromatic carbocycles. The van der Waals surface area contributed by atoms with Crippen molar-refractivity contribution in [3.8, 4) is 0 Å². The Labute approximate surface area is 102 Å². The minimum Gasteiger partial charge on any atom is -0.309 e. The van der Waals surface area contributed by atoms with E-state index in [0.717, 1.165) is 19.0 Å². The molecule has 1 aromatic rings. The molecule has 0 amide bonds. The minimum atomic E-state index is -0.537. The van der Waals surface area contributed by atoms with Crippen molar-refractivity contribution in [1.82, 2.24) is 10.2 Å². The molecule has 0 fully saturated rings. The van der Waals surface area contributed by atoms with Gasteiger partial charge in [0.15, 0.2) is 0 Å². The van der Waals surface area contributed by atoms with Gasteiger partial charge in [0, 0.05) is 24.2 Å². The zero-order valence-electron chi connectivity index (χ0n) is 10.6. The van der Waals surface area contributed by atoms with Crippen LogP contribution in [0.4, 0.5) is 8.78 Å². The number of hydrogen-bond donors (Lipinski definition) is 1. The SMILES string of the molecule is CCCNC(CN(C)C)c1ccc(F)cc1F. The van der Waals surface area contributed by atoms with Gasteiger partial charge in [-0.2, -0.15) is 0 Å². The third-order valence-corrected chi connectivity index (χ3v) is 2.53. The van der Waals surface area contributed by atoms with Crippen molar-refractivity contribution in [3.63, 3.8) is 0 Å². The molecule has 0 aliphatic carbocycles. The zero-order chi connectivity index (χ0) is 12.8. The van der Waals surface area contributed by atoms with E-state index in [1.807, 2.05) is 19.0 Å². The number of halogens is 2. The highest BCUT2D eigenvalue weighted by Crippen LogP contribution is 2.18. The second kappa shape index (κ2) is 6.67. The molecule has 1 unspecified atom stereocenters. The predicted molar refractivity (Wildman–Crippen MR) is 65.9 cm³/mol. The van der Waals surface area contributed by atoms with Gasteiger partial charge in [0.05, 0.1) is 0 Å². The Morgan fingerprint density at radius 3 is 2.53 bits per heavy atom. The van der Waals surface area contributed by atoms with E-state index in [-0.39, 0.29) is 6.04 Å². The minimum absolute atomic E-state index is 0.106. The maximum Gasteiger partial charge on any atom is 0.130 e. The van der Waals surface area contributed by atoms with Crippen LogP contribution in [0.1, 0.15) is 24.9 Å². The van der Waals surface area contributed by atoms with E-state index in [0.29, 0.717) is 12.1 Å². The summed E-state index contributed by atoms with van der Waals surface area (Å²) in [6.07, 6.45) is 0.979. The molecule has 0 aromatic heterocycles. The van der Waals surface area contributed by atoms with Crippen molar-refractivity contribution in [3.05, 3.63) is 35.4 Å². The Kier molecular flexibility index (Phi) is 5.51. The van der Waals surface area contributed by atoms with Gasteiger partial charge in [-0.25, -0.2) is 8.78 Å². The molecule has 4 heteroatoms. The van der Waals surface area contributed by atoms with E-state index in [9.17, 15) is 8.78 Å². The van der Waals surface area contributed by atoms with E-state index in [1.165, 1.54) is 12.1 Å². The smallest absolute Gasteiger partial charge is 0.130 e. The molecule has 0 spiro atoms. The van der Waals surface area contributed by atoms with E-state index < -0.39 is 11.6 Å². The van der Waals surface area contributed by atoms with Crippen LogP contribution in [0.5, 0.6) is 0 Å². The van der Waals surface area contributed by atoms with Gasteiger partial charge in [0.1, 0.15) is 11.6 Å². The van der Waals surface area contributed by atoms with Crippen molar-refractivity contribution < 1.29 is 8.78 Å². The Bertz CT molecular complexity index is 353. The molecule has 0 radical (unpaired) electrons. The summed E-state index contributed by atoms with van der Waals surface area (Å²) >= 11 is 0. The lowest BCUT2D eigenvalue weighted by molar-refractivity contribution is 0.336. The van der Waals surface area contributed by atoms with E-state index >= 15 is 0 Å². The highest BCUT2D eigenvalue weighted by Gasteiger charge is 2.16. The largest absolute Gasteiger partial charge is 0.309 e. The van der Waals surface area contributed by atoms with Crippen LogP contribution in [0.25, 0.3) is 0 Å². The van der Waals surface area contributed by atoms with Gasteiger partial charge in [0.25, 0.3) is 0 Å². The van der Waals surface area contributed by atoms with Crippen LogP contribution in [-0.2, 0) is 0 Å². The third kappa shape index (κ3) is 4.40. The van der Waals surface area contributed by atoms with Crippen LogP contribution >= 0.6 is 0 Å². The highest BCUT2D eigenvalue weighted by molar-refractivity contribution is 5.22. The fourth-order valence-electron chi connectivity index (χ4n) is 1.74. The summed E-state index contributed by atoms with van der Waals surface area (Å²) in [6.45, 7) is 3.55. The lowest BCUT2D eigenvalue weighted by Gasteiger charge is -2.23. The van der Waals surface area contributed by atoms with Crippen LogP contribution in [0, 0.1) is 11.6 Å². The van der Waals surface area contributed by atoms with Gasteiger partial charge < -0.3 is 10.2 Å². The van der Waals surface area contributed by atoms with Crippen molar-refractivity contribution in [2.75, 3.05) is 27.2 Å². The average Bonchev–Trinajstić information content (AvgIpc) is 2.24. The fourth-order valence-corrected chi connectivity index (χ4v) is 1.74. The lowest BCUT2D eigenvalue weighted by atomic mass is 10.1. The van der Waals surface area contributed by atoms with Gasteiger partial charge in [0.2, 0.25) is 0 Å². The second-order valence-electron chi connectivity index (χ2n) is 4.43. The summed E-state index contributed by atoms with van der Waals surface area (Å²) in [5.74, 6) is -1.02. The quantitative estimate of drug-likeness (QED) is 0.824. The monoisotopic (exact) mass is 242 g/mol. The van der Waals surface area contributed by atoms with Crippen LogP contribution in [0.2, 0.25) is 0 Å². The topological polar surface area (TPSA) is 15.3 Å². The van der Waals surface area contributed by atoms with E-state index in [4.69, 9.17) is 0 Å². The zero-order valence-corrected chi connectivity index (χ0v) is 10.6. The molecule has 0 aliphatic rings. The molecule has 96 valence electrons. The van der Waals surface area contributed by atoms with E-state index in [1.54, 1.807) is 0 Å². The van der Waals surface area contributed by atoms with Crippen LogP contribution < -0.4 is 5.32 Å². The highest BCUT2D eigenvalue weighted by atomic mass is 19.1. The molecule has 0 saturated carbocycles. The first-order valence-electron chi connectivity index (χ1n) is 5.87. The number of nitrogens with zero attached hydrogens (tertiary/aromatic N) is 1. The molecule has 0 saturated heterocycles. The Balaban J connectivity index is 2.86. The number of likely N-dealkylation sites (N-methyl/N-ethyl adjacent to an activating group) is 1. The van der Waals surface area contributed by atoms with Crippen LogP contribution in [-0.4, -0.2) is 32.1 Å². The average molecular weight is 242 g/mol. The molecule has 0 bridgehead atoms. The standard InChI is InChI=1S/C13H20F2N2/c1-4-7-16-13(9-17(2)3)11-6-5-10(14)8-12(11)15/h5-6,8,13,16H,4,7,9H2,1-3H3. The molecular formula is C13H20F2N2. The van der Waals surface area contributed by atoms with Gasteiger partial charge in [-0.15, -0.1) is 0 Å². The van der Waals surface area contributed by atoms with Crippen molar-refractivity contribution in [2.24, 2.45) is 0 Å². The summed E-state index contributed by atoms with van der Waals surface area (Å²) < 4.78 is 26.5. The van der Waals surface area contributed by atoms with E-state index in [2.05, 4.69) is 12.2 Å². The van der Waals surface area contributed by atoms with Crippen LogP contribution in [0.15, 0.2) is 18.2 Å². The predicted octanol–water partition coefficient (Wildman–Crippen LogP) is 2.57. The Morgan fingerprint density at radius 1 is 1.29 bits per heavy atom. The molecule has 1 N–H and O–H groups in total. The van der Waals surface area contributed by atoms with Gasteiger partial charge >= 0.3 is 0 Å². The van der Waals surface area contributed by atoms with Crippen molar-refractivity contribution in [2.45, 2.75) is 19.4 Å². The number of benzene rings is 1. The molecule has 1 atom stereocenters. The number of hydrogen-bond acceptors (Lipinski definition) is 2. The summed E-state index contributed by atoms with van der Waals surface area (Å²) in [5.41, 5.74) is 0.522. The first-order valence-corrected chi connectivity index (χ1v) is 5.87. The molecule has 0 heterocycles. The summed E-state index contributed by atoms with van der Waals surface area (Å²) in [6, 6.07) is 3.65. The second-order valence-corrected chi connectivity index (χ2v) is 4.43. The van der Waals surface area contributed by atoms with Crippen molar-refractivity contribution >= 4 is 0 Å². The Hall–Kier alpha value is -1.00. The maximum atomic E-state index is 13.7. The first-order chi connectivity index (χ1) is 8.04. The number of nitrogens with one attached hydrogen (secondary N) is 1. The summed E-state index contributed by atoms with van der Waals surface area (Å²) in [4.78, 5) is 1.98. The van der Waals surface area contributed by atoms with Gasteiger partial charge in [-0.05, 0) is 33.1 Å². The van der Waals surface area contributed by atoms with Gasteiger partial charge in [-0.1, -0.05) is 13.0 Å². The Morgan fingerprint density at radius 2 is 2.00 bits per heavy atom. The number of rotatable bonds is 6. The first kappa shape index (κ1) is 14.1. The maximum absolute atomic E-state index is 13.7. The van der Waals surface area contributed by atoms with Crippen molar-refractivity contribution in [1.29, 1.82) is 0 Å². The molecule has 2 nitrogen and oxygen atoms in total. The fraction of sp³-hybridized carbons (Fsp3) is 0.538. The molecule has 1 rings (SSSR count). The van der Waals surface area contributed by atoms with Crippen LogP contribution in [0.3, 0.4) is 0 Å². The summed E-state index contributed by atoms with van der Waals surface area (Å²) in [7, 11) is 3.87. The summed E-state index contributed by atoms with van der Waals surface area (Å²) in [5, 5.41) is 3.27.